The Morgan fingerprint density at radius 3 is 2.55 bits per heavy atom. The van der Waals surface area contributed by atoms with Crippen molar-refractivity contribution in [1.82, 2.24) is 15.0 Å². The van der Waals surface area contributed by atoms with Gasteiger partial charge in [0.05, 0.1) is 13.2 Å². The van der Waals surface area contributed by atoms with E-state index in [0.29, 0.717) is 25.1 Å². The first-order chi connectivity index (χ1) is 10.8. The van der Waals surface area contributed by atoms with Gasteiger partial charge in [-0.3, -0.25) is 0 Å². The summed E-state index contributed by atoms with van der Waals surface area (Å²) in [7, 11) is 0. The van der Waals surface area contributed by atoms with Crippen LogP contribution in [0.25, 0.3) is 0 Å². The Kier molecular flexibility index (Phi) is 7.66. The average molecular weight is 328 g/mol. The molecule has 1 aromatic heterocycles. The minimum atomic E-state index is 0.238. The van der Waals surface area contributed by atoms with E-state index >= 15 is 0 Å². The third-order valence-electron chi connectivity index (χ3n) is 3.70. The van der Waals surface area contributed by atoms with Gasteiger partial charge in [-0.05, 0) is 18.0 Å². The minimum absolute atomic E-state index is 0.238. The second kappa shape index (κ2) is 9.79. The van der Waals surface area contributed by atoms with E-state index in [9.17, 15) is 0 Å². The third kappa shape index (κ3) is 5.93. The lowest BCUT2D eigenvalue weighted by Gasteiger charge is -2.26. The number of morpholine rings is 1. The van der Waals surface area contributed by atoms with Gasteiger partial charge in [0.15, 0.2) is 0 Å². The van der Waals surface area contributed by atoms with Gasteiger partial charge in [0, 0.05) is 19.6 Å². The molecule has 6 nitrogen and oxygen atoms in total. The molecule has 22 heavy (non-hydrogen) atoms. The molecule has 0 aliphatic carbocycles. The summed E-state index contributed by atoms with van der Waals surface area (Å²) in [6, 6.07) is 0. The molecule has 1 aliphatic heterocycles. The number of hydrogen-bond acceptors (Lipinski definition) is 6. The SMILES string of the molecule is CCCCCCCCNc1nc(Cl)nc(N2CCOCC2)n1. The fraction of sp³-hybridized carbons (Fsp3) is 0.800. The number of hydrogen-bond donors (Lipinski definition) is 1. The van der Waals surface area contributed by atoms with E-state index in [1.807, 2.05) is 0 Å². The molecule has 1 aliphatic rings. The molecule has 0 bridgehead atoms. The van der Waals surface area contributed by atoms with Crippen LogP contribution in [0.15, 0.2) is 0 Å². The second-order valence-corrected chi connectivity index (χ2v) is 5.86. The second-order valence-electron chi connectivity index (χ2n) is 5.52. The van der Waals surface area contributed by atoms with Crippen molar-refractivity contribution in [3.63, 3.8) is 0 Å². The summed E-state index contributed by atoms with van der Waals surface area (Å²) in [6.07, 6.45) is 7.61. The number of nitrogens with zero attached hydrogens (tertiary/aromatic N) is 4. The maximum Gasteiger partial charge on any atom is 0.231 e. The van der Waals surface area contributed by atoms with Crippen molar-refractivity contribution in [1.29, 1.82) is 0 Å². The van der Waals surface area contributed by atoms with Gasteiger partial charge in [0.2, 0.25) is 17.2 Å². The molecule has 0 saturated carbocycles. The summed E-state index contributed by atoms with van der Waals surface area (Å²) >= 11 is 6.01. The third-order valence-corrected chi connectivity index (χ3v) is 3.87. The molecule has 0 unspecified atom stereocenters. The van der Waals surface area contributed by atoms with E-state index in [0.717, 1.165) is 26.1 Å². The molecule has 2 heterocycles. The molecule has 1 fully saturated rings. The fourth-order valence-corrected chi connectivity index (χ4v) is 2.58. The molecular formula is C15H26ClN5O. The molecule has 0 aromatic carbocycles. The fourth-order valence-electron chi connectivity index (χ4n) is 2.43. The van der Waals surface area contributed by atoms with Crippen LogP contribution >= 0.6 is 11.6 Å². The van der Waals surface area contributed by atoms with Crippen LogP contribution in [-0.4, -0.2) is 47.8 Å². The van der Waals surface area contributed by atoms with Gasteiger partial charge in [0.1, 0.15) is 0 Å². The zero-order chi connectivity index (χ0) is 15.6. The van der Waals surface area contributed by atoms with Gasteiger partial charge in [-0.2, -0.15) is 15.0 Å². The Morgan fingerprint density at radius 1 is 1.05 bits per heavy atom. The van der Waals surface area contributed by atoms with Crippen molar-refractivity contribution in [2.24, 2.45) is 0 Å². The zero-order valence-corrected chi connectivity index (χ0v) is 14.1. The number of anilines is 2. The molecule has 7 heteroatoms. The Bertz CT molecular complexity index is 440. The first-order valence-electron chi connectivity index (χ1n) is 8.27. The van der Waals surface area contributed by atoms with Crippen LogP contribution in [0.3, 0.4) is 0 Å². The van der Waals surface area contributed by atoms with Gasteiger partial charge in [-0.25, -0.2) is 0 Å². The highest BCUT2D eigenvalue weighted by molar-refractivity contribution is 6.28. The minimum Gasteiger partial charge on any atom is -0.378 e. The topological polar surface area (TPSA) is 63.2 Å². The highest BCUT2D eigenvalue weighted by Crippen LogP contribution is 2.15. The summed E-state index contributed by atoms with van der Waals surface area (Å²) in [4.78, 5) is 14.9. The van der Waals surface area contributed by atoms with E-state index < -0.39 is 0 Å². The van der Waals surface area contributed by atoms with E-state index in [1.165, 1.54) is 32.1 Å². The molecule has 0 spiro atoms. The van der Waals surface area contributed by atoms with Gasteiger partial charge in [0.25, 0.3) is 0 Å². The maximum absolute atomic E-state index is 6.01. The van der Waals surface area contributed by atoms with Crippen LogP contribution in [0, 0.1) is 0 Å². The number of ether oxygens (including phenoxy) is 1. The first kappa shape index (κ1) is 17.2. The van der Waals surface area contributed by atoms with Crippen molar-refractivity contribution in [3.8, 4) is 0 Å². The van der Waals surface area contributed by atoms with Crippen molar-refractivity contribution in [2.75, 3.05) is 43.1 Å². The first-order valence-corrected chi connectivity index (χ1v) is 8.65. The van der Waals surface area contributed by atoms with Crippen LogP contribution in [0.1, 0.15) is 45.4 Å². The summed E-state index contributed by atoms with van der Waals surface area (Å²) in [5, 5.41) is 3.49. The number of nitrogens with one attached hydrogen (secondary N) is 1. The Balaban J connectivity index is 1.77. The van der Waals surface area contributed by atoms with Crippen LogP contribution < -0.4 is 10.2 Å². The molecule has 124 valence electrons. The maximum atomic E-state index is 6.01. The standard InChI is InChI=1S/C15H26ClN5O/c1-2-3-4-5-6-7-8-17-14-18-13(16)19-15(20-14)21-9-11-22-12-10-21/h2-12H2,1H3,(H,17,18,19,20). The Morgan fingerprint density at radius 2 is 1.77 bits per heavy atom. The quantitative estimate of drug-likeness (QED) is 0.703. The predicted molar refractivity (Wildman–Crippen MR) is 89.7 cm³/mol. The monoisotopic (exact) mass is 327 g/mol. The largest absolute Gasteiger partial charge is 0.378 e. The summed E-state index contributed by atoms with van der Waals surface area (Å²) in [5.74, 6) is 1.20. The molecule has 0 amide bonds. The highest BCUT2D eigenvalue weighted by Gasteiger charge is 2.15. The van der Waals surface area contributed by atoms with Crippen LogP contribution in [-0.2, 0) is 4.74 Å². The molecule has 1 aromatic rings. The predicted octanol–water partition coefficient (Wildman–Crippen LogP) is 3.13. The van der Waals surface area contributed by atoms with Crippen molar-refractivity contribution < 1.29 is 4.74 Å². The molecular weight excluding hydrogens is 302 g/mol. The molecule has 1 N–H and O–H groups in total. The van der Waals surface area contributed by atoms with Gasteiger partial charge < -0.3 is 15.0 Å². The van der Waals surface area contributed by atoms with Gasteiger partial charge >= 0.3 is 0 Å². The van der Waals surface area contributed by atoms with Crippen molar-refractivity contribution >= 4 is 23.5 Å². The molecule has 2 rings (SSSR count). The van der Waals surface area contributed by atoms with E-state index in [1.54, 1.807) is 0 Å². The van der Waals surface area contributed by atoms with Gasteiger partial charge in [-0.1, -0.05) is 39.0 Å². The van der Waals surface area contributed by atoms with E-state index in [2.05, 4.69) is 32.1 Å². The lowest BCUT2D eigenvalue weighted by molar-refractivity contribution is 0.122. The molecule has 0 radical (unpaired) electrons. The summed E-state index contributed by atoms with van der Waals surface area (Å²) in [6.45, 7) is 6.08. The zero-order valence-electron chi connectivity index (χ0n) is 13.4. The lowest BCUT2D eigenvalue weighted by atomic mass is 10.1. The highest BCUT2D eigenvalue weighted by atomic mass is 35.5. The summed E-state index contributed by atoms with van der Waals surface area (Å²) < 4.78 is 5.34. The summed E-state index contributed by atoms with van der Waals surface area (Å²) in [5.41, 5.74) is 0. The van der Waals surface area contributed by atoms with Crippen molar-refractivity contribution in [3.05, 3.63) is 5.28 Å². The van der Waals surface area contributed by atoms with Crippen LogP contribution in [0.5, 0.6) is 0 Å². The van der Waals surface area contributed by atoms with Crippen LogP contribution in [0.2, 0.25) is 5.28 Å². The van der Waals surface area contributed by atoms with Crippen LogP contribution in [0.4, 0.5) is 11.9 Å². The Labute approximate surface area is 137 Å². The molecule has 1 saturated heterocycles. The molecule has 0 atom stereocenters. The smallest absolute Gasteiger partial charge is 0.231 e. The normalized spacial score (nSPS) is 15.1. The average Bonchev–Trinajstić information content (AvgIpc) is 2.54. The number of rotatable bonds is 9. The number of aromatic nitrogens is 3. The Hall–Kier alpha value is -1.14. The lowest BCUT2D eigenvalue weighted by Crippen LogP contribution is -2.37. The van der Waals surface area contributed by atoms with Gasteiger partial charge in [-0.15, -0.1) is 0 Å². The number of unbranched alkanes of at least 4 members (excludes halogenated alkanes) is 5. The van der Waals surface area contributed by atoms with Crippen molar-refractivity contribution in [2.45, 2.75) is 45.4 Å². The number of halogens is 1. The van der Waals surface area contributed by atoms with E-state index in [-0.39, 0.29) is 5.28 Å². The van der Waals surface area contributed by atoms with E-state index in [4.69, 9.17) is 16.3 Å².